The Morgan fingerprint density at radius 1 is 1.04 bits per heavy atom. The number of pyridine rings is 1. The summed E-state index contributed by atoms with van der Waals surface area (Å²) in [5, 5.41) is 0.644. The minimum absolute atomic E-state index is 0.0507. The zero-order valence-corrected chi connectivity index (χ0v) is 14.2. The molecule has 3 rings (SSSR count). The van der Waals surface area contributed by atoms with Crippen molar-refractivity contribution in [2.24, 2.45) is 0 Å². The van der Waals surface area contributed by atoms with E-state index in [9.17, 15) is 4.79 Å². The first-order valence-electron chi connectivity index (χ1n) is 7.56. The number of benzene rings is 1. The van der Waals surface area contributed by atoms with Crippen LogP contribution in [0.15, 0.2) is 53.6 Å². The monoisotopic (exact) mass is 340 g/mol. The van der Waals surface area contributed by atoms with Gasteiger partial charge in [0.05, 0.1) is 17.6 Å². The molecular formula is C18H17ClN4O. The maximum absolute atomic E-state index is 12.0. The van der Waals surface area contributed by atoms with Gasteiger partial charge in [0.25, 0.3) is 5.56 Å². The van der Waals surface area contributed by atoms with Gasteiger partial charge in [0.15, 0.2) is 0 Å². The quantitative estimate of drug-likeness (QED) is 0.787. The van der Waals surface area contributed by atoms with E-state index >= 15 is 0 Å². The third kappa shape index (κ3) is 3.16. The predicted octanol–water partition coefficient (Wildman–Crippen LogP) is 3.79. The number of nitrogen functional groups attached to an aromatic ring is 1. The maximum atomic E-state index is 12.0. The Kier molecular flexibility index (Phi) is 4.36. The van der Waals surface area contributed by atoms with Crippen molar-refractivity contribution >= 4 is 17.4 Å². The molecule has 1 aromatic carbocycles. The number of hydrogen-bond acceptors (Lipinski definition) is 4. The third-order valence-electron chi connectivity index (χ3n) is 3.68. The number of rotatable bonds is 3. The lowest BCUT2D eigenvalue weighted by Gasteiger charge is -2.13. The van der Waals surface area contributed by atoms with Crippen molar-refractivity contribution in [1.29, 1.82) is 0 Å². The molecule has 2 aromatic heterocycles. The van der Waals surface area contributed by atoms with Gasteiger partial charge in [0.2, 0.25) is 0 Å². The van der Waals surface area contributed by atoms with E-state index in [1.165, 1.54) is 6.20 Å². The summed E-state index contributed by atoms with van der Waals surface area (Å²) in [6, 6.07) is 10.7. The SMILES string of the molecule is CC(C)n1cc(-c2ncc(N)nc2-c2ccc(Cl)cc2)ccc1=O. The summed E-state index contributed by atoms with van der Waals surface area (Å²) in [5.41, 5.74) is 8.75. The lowest BCUT2D eigenvalue weighted by Crippen LogP contribution is -2.20. The van der Waals surface area contributed by atoms with Gasteiger partial charge in [-0.15, -0.1) is 0 Å². The van der Waals surface area contributed by atoms with E-state index in [1.807, 2.05) is 26.0 Å². The van der Waals surface area contributed by atoms with Crippen molar-refractivity contribution in [3.05, 3.63) is 64.2 Å². The highest BCUT2D eigenvalue weighted by molar-refractivity contribution is 6.30. The number of aromatic nitrogens is 3. The normalized spacial score (nSPS) is 11.0. The van der Waals surface area contributed by atoms with E-state index in [0.717, 1.165) is 11.1 Å². The van der Waals surface area contributed by atoms with Gasteiger partial charge < -0.3 is 10.3 Å². The van der Waals surface area contributed by atoms with Crippen LogP contribution in [0.25, 0.3) is 22.5 Å². The van der Waals surface area contributed by atoms with E-state index in [4.69, 9.17) is 17.3 Å². The molecule has 6 heteroatoms. The lowest BCUT2D eigenvalue weighted by molar-refractivity contribution is 0.579. The number of nitrogens with zero attached hydrogens (tertiary/aromatic N) is 3. The minimum atomic E-state index is -0.0507. The molecule has 2 heterocycles. The fourth-order valence-electron chi connectivity index (χ4n) is 2.47. The Balaban J connectivity index is 2.20. The van der Waals surface area contributed by atoms with Crippen LogP contribution >= 0.6 is 11.6 Å². The second kappa shape index (κ2) is 6.45. The molecule has 0 atom stereocenters. The van der Waals surface area contributed by atoms with Crippen LogP contribution in [-0.4, -0.2) is 14.5 Å². The predicted molar refractivity (Wildman–Crippen MR) is 97.0 cm³/mol. The zero-order valence-electron chi connectivity index (χ0n) is 13.4. The van der Waals surface area contributed by atoms with Gasteiger partial charge in [0, 0.05) is 34.5 Å². The van der Waals surface area contributed by atoms with E-state index in [0.29, 0.717) is 22.2 Å². The summed E-state index contributed by atoms with van der Waals surface area (Å²) in [6.45, 7) is 3.92. The minimum Gasteiger partial charge on any atom is -0.382 e. The molecule has 122 valence electrons. The van der Waals surface area contributed by atoms with Gasteiger partial charge in [-0.2, -0.15) is 0 Å². The van der Waals surface area contributed by atoms with Gasteiger partial charge in [0.1, 0.15) is 5.82 Å². The van der Waals surface area contributed by atoms with E-state index in [1.54, 1.807) is 35.0 Å². The number of halogens is 1. The molecule has 0 bridgehead atoms. The molecule has 0 spiro atoms. The van der Waals surface area contributed by atoms with Gasteiger partial charge in [-0.25, -0.2) is 4.98 Å². The Bertz CT molecular complexity index is 932. The summed E-state index contributed by atoms with van der Waals surface area (Å²) >= 11 is 5.96. The first-order valence-corrected chi connectivity index (χ1v) is 7.94. The van der Waals surface area contributed by atoms with Gasteiger partial charge in [-0.1, -0.05) is 23.7 Å². The molecular weight excluding hydrogens is 324 g/mol. The Hall–Kier alpha value is -2.66. The highest BCUT2D eigenvalue weighted by atomic mass is 35.5. The molecule has 0 aliphatic carbocycles. The van der Waals surface area contributed by atoms with E-state index in [2.05, 4.69) is 9.97 Å². The van der Waals surface area contributed by atoms with Crippen molar-refractivity contribution in [3.8, 4) is 22.5 Å². The molecule has 2 N–H and O–H groups in total. The van der Waals surface area contributed by atoms with Crippen molar-refractivity contribution in [2.75, 3.05) is 5.73 Å². The van der Waals surface area contributed by atoms with Crippen LogP contribution in [0.1, 0.15) is 19.9 Å². The first kappa shape index (κ1) is 16.2. The van der Waals surface area contributed by atoms with E-state index < -0.39 is 0 Å². The molecule has 0 amide bonds. The fraction of sp³-hybridized carbons (Fsp3) is 0.167. The van der Waals surface area contributed by atoms with Crippen LogP contribution < -0.4 is 11.3 Å². The summed E-state index contributed by atoms with van der Waals surface area (Å²) in [4.78, 5) is 20.9. The summed E-state index contributed by atoms with van der Waals surface area (Å²) < 4.78 is 1.67. The summed E-state index contributed by atoms with van der Waals surface area (Å²) in [7, 11) is 0. The van der Waals surface area contributed by atoms with Crippen LogP contribution in [0, 0.1) is 0 Å². The molecule has 24 heavy (non-hydrogen) atoms. The van der Waals surface area contributed by atoms with Crippen molar-refractivity contribution in [1.82, 2.24) is 14.5 Å². The molecule has 0 aliphatic heterocycles. The second-order valence-electron chi connectivity index (χ2n) is 5.76. The van der Waals surface area contributed by atoms with Crippen molar-refractivity contribution < 1.29 is 0 Å². The average Bonchev–Trinajstić information content (AvgIpc) is 2.56. The highest BCUT2D eigenvalue weighted by Gasteiger charge is 2.13. The lowest BCUT2D eigenvalue weighted by atomic mass is 10.1. The molecule has 0 radical (unpaired) electrons. The smallest absolute Gasteiger partial charge is 0.250 e. The Morgan fingerprint density at radius 3 is 2.38 bits per heavy atom. The van der Waals surface area contributed by atoms with Crippen LogP contribution in [0.5, 0.6) is 0 Å². The van der Waals surface area contributed by atoms with Gasteiger partial charge in [-0.05, 0) is 32.0 Å². The fourth-order valence-corrected chi connectivity index (χ4v) is 2.60. The first-order chi connectivity index (χ1) is 11.5. The topological polar surface area (TPSA) is 73.8 Å². The molecule has 0 aliphatic rings. The average molecular weight is 341 g/mol. The summed E-state index contributed by atoms with van der Waals surface area (Å²) in [6.07, 6.45) is 3.31. The molecule has 3 aromatic rings. The third-order valence-corrected chi connectivity index (χ3v) is 3.93. The molecule has 0 unspecified atom stereocenters. The second-order valence-corrected chi connectivity index (χ2v) is 6.19. The molecule has 5 nitrogen and oxygen atoms in total. The molecule has 0 saturated heterocycles. The van der Waals surface area contributed by atoms with Crippen LogP contribution in [0.2, 0.25) is 5.02 Å². The summed E-state index contributed by atoms with van der Waals surface area (Å²) in [5.74, 6) is 0.334. The molecule has 0 fully saturated rings. The zero-order chi connectivity index (χ0) is 17.3. The Morgan fingerprint density at radius 2 is 1.71 bits per heavy atom. The van der Waals surface area contributed by atoms with Gasteiger partial charge in [-0.3, -0.25) is 9.78 Å². The Labute approximate surface area is 144 Å². The maximum Gasteiger partial charge on any atom is 0.250 e. The number of anilines is 1. The highest BCUT2D eigenvalue weighted by Crippen LogP contribution is 2.29. The molecule has 0 saturated carbocycles. The van der Waals surface area contributed by atoms with E-state index in [-0.39, 0.29) is 11.6 Å². The van der Waals surface area contributed by atoms with Crippen molar-refractivity contribution in [2.45, 2.75) is 19.9 Å². The number of nitrogens with two attached hydrogens (primary N) is 1. The standard InChI is InChI=1S/C18H17ClN4O/c1-11(2)23-10-13(5-8-16(23)24)17-18(22-15(20)9-21-17)12-3-6-14(19)7-4-12/h3-11H,1-2H3,(H2,20,22). The number of hydrogen-bond donors (Lipinski definition) is 1. The van der Waals surface area contributed by atoms with Gasteiger partial charge >= 0.3 is 0 Å². The van der Waals surface area contributed by atoms with Crippen LogP contribution in [-0.2, 0) is 0 Å². The van der Waals surface area contributed by atoms with Crippen LogP contribution in [0.3, 0.4) is 0 Å². The van der Waals surface area contributed by atoms with Crippen molar-refractivity contribution in [3.63, 3.8) is 0 Å². The largest absolute Gasteiger partial charge is 0.382 e. The van der Waals surface area contributed by atoms with Crippen LogP contribution in [0.4, 0.5) is 5.82 Å².